The fourth-order valence-corrected chi connectivity index (χ4v) is 3.06. The average Bonchev–Trinajstić information content (AvgIpc) is 2.50. The summed E-state index contributed by atoms with van der Waals surface area (Å²) in [6, 6.07) is 7.92. The quantitative estimate of drug-likeness (QED) is 0.894. The first-order chi connectivity index (χ1) is 10.3. The van der Waals surface area contributed by atoms with E-state index < -0.39 is 0 Å². The van der Waals surface area contributed by atoms with E-state index in [1.807, 2.05) is 31.3 Å². The number of likely N-dealkylation sites (tertiary alicyclic amines) is 1. The number of nitrogens with two attached hydrogens (primary N) is 1. The standard InChI is InChI=1S/C16H23N5/c1-18-10-12-6-8-21(9-7-12)11-15-19-14-5-3-2-4-13(14)16(17)20-15/h2-5,12,18H,6-11H2,1H3,(H2,17,19,20). The summed E-state index contributed by atoms with van der Waals surface area (Å²) in [5.74, 6) is 2.22. The highest BCUT2D eigenvalue weighted by Crippen LogP contribution is 2.20. The van der Waals surface area contributed by atoms with Crippen molar-refractivity contribution in [3.8, 4) is 0 Å². The van der Waals surface area contributed by atoms with Crippen molar-refractivity contribution in [2.45, 2.75) is 19.4 Å². The second-order valence-electron chi connectivity index (χ2n) is 5.82. The number of anilines is 1. The molecule has 1 aromatic heterocycles. The van der Waals surface area contributed by atoms with Crippen molar-refractivity contribution in [3.63, 3.8) is 0 Å². The largest absolute Gasteiger partial charge is 0.383 e. The molecule has 5 heteroatoms. The van der Waals surface area contributed by atoms with Gasteiger partial charge in [0.2, 0.25) is 0 Å². The topological polar surface area (TPSA) is 67.1 Å². The fourth-order valence-electron chi connectivity index (χ4n) is 3.06. The molecule has 0 bridgehead atoms. The highest BCUT2D eigenvalue weighted by atomic mass is 15.2. The van der Waals surface area contributed by atoms with Gasteiger partial charge in [-0.25, -0.2) is 9.97 Å². The molecule has 0 atom stereocenters. The van der Waals surface area contributed by atoms with Crippen LogP contribution in [-0.2, 0) is 6.54 Å². The molecule has 112 valence electrons. The maximum absolute atomic E-state index is 6.05. The zero-order chi connectivity index (χ0) is 14.7. The summed E-state index contributed by atoms with van der Waals surface area (Å²) >= 11 is 0. The van der Waals surface area contributed by atoms with Crippen LogP contribution in [-0.4, -0.2) is 41.5 Å². The molecule has 1 aliphatic heterocycles. The number of para-hydroxylation sites is 1. The maximum atomic E-state index is 6.05. The molecule has 1 saturated heterocycles. The number of aromatic nitrogens is 2. The van der Waals surface area contributed by atoms with Gasteiger partial charge in [0.15, 0.2) is 0 Å². The molecule has 1 aliphatic rings. The van der Waals surface area contributed by atoms with Crippen LogP contribution < -0.4 is 11.1 Å². The molecule has 0 unspecified atom stereocenters. The Morgan fingerprint density at radius 3 is 2.76 bits per heavy atom. The van der Waals surface area contributed by atoms with Gasteiger partial charge < -0.3 is 11.1 Å². The number of nitrogens with zero attached hydrogens (tertiary/aromatic N) is 3. The third-order valence-electron chi connectivity index (χ3n) is 4.24. The third-order valence-corrected chi connectivity index (χ3v) is 4.24. The molecule has 0 aliphatic carbocycles. The molecule has 5 nitrogen and oxygen atoms in total. The van der Waals surface area contributed by atoms with Crippen molar-refractivity contribution in [2.24, 2.45) is 5.92 Å². The summed E-state index contributed by atoms with van der Waals surface area (Å²) in [5.41, 5.74) is 6.98. The van der Waals surface area contributed by atoms with Gasteiger partial charge in [0, 0.05) is 5.39 Å². The minimum atomic E-state index is 0.584. The molecule has 1 aromatic carbocycles. The average molecular weight is 285 g/mol. The Labute approximate surface area is 125 Å². The lowest BCUT2D eigenvalue weighted by Crippen LogP contribution is -2.36. The third kappa shape index (κ3) is 3.31. The number of hydrogen-bond donors (Lipinski definition) is 2. The second kappa shape index (κ2) is 6.37. The van der Waals surface area contributed by atoms with Crippen LogP contribution in [0.4, 0.5) is 5.82 Å². The van der Waals surface area contributed by atoms with Crippen molar-refractivity contribution in [1.82, 2.24) is 20.2 Å². The Hall–Kier alpha value is -1.72. The molecular weight excluding hydrogens is 262 g/mol. The van der Waals surface area contributed by atoms with E-state index in [0.717, 1.165) is 48.8 Å². The summed E-state index contributed by atoms with van der Waals surface area (Å²) in [4.78, 5) is 11.5. The molecule has 0 spiro atoms. The Bertz CT molecular complexity index is 605. The highest BCUT2D eigenvalue weighted by molar-refractivity contribution is 5.87. The lowest BCUT2D eigenvalue weighted by atomic mass is 9.97. The predicted molar refractivity (Wildman–Crippen MR) is 85.9 cm³/mol. The van der Waals surface area contributed by atoms with E-state index in [1.54, 1.807) is 0 Å². The number of rotatable bonds is 4. The van der Waals surface area contributed by atoms with Gasteiger partial charge in [0.25, 0.3) is 0 Å². The number of piperidine rings is 1. The van der Waals surface area contributed by atoms with Crippen LogP contribution in [0.25, 0.3) is 10.9 Å². The van der Waals surface area contributed by atoms with E-state index in [4.69, 9.17) is 5.73 Å². The van der Waals surface area contributed by atoms with Gasteiger partial charge in [-0.3, -0.25) is 4.90 Å². The van der Waals surface area contributed by atoms with E-state index in [1.165, 1.54) is 12.8 Å². The molecule has 21 heavy (non-hydrogen) atoms. The number of hydrogen-bond acceptors (Lipinski definition) is 5. The van der Waals surface area contributed by atoms with Crippen LogP contribution in [0.3, 0.4) is 0 Å². The molecule has 2 heterocycles. The van der Waals surface area contributed by atoms with Crippen molar-refractivity contribution >= 4 is 16.7 Å². The minimum Gasteiger partial charge on any atom is -0.383 e. The summed E-state index contributed by atoms with van der Waals surface area (Å²) in [6.45, 7) is 4.14. The van der Waals surface area contributed by atoms with Crippen molar-refractivity contribution in [3.05, 3.63) is 30.1 Å². The van der Waals surface area contributed by atoms with Gasteiger partial charge in [0.05, 0.1) is 12.1 Å². The van der Waals surface area contributed by atoms with E-state index >= 15 is 0 Å². The molecule has 0 amide bonds. The first-order valence-electron chi connectivity index (χ1n) is 7.64. The van der Waals surface area contributed by atoms with E-state index in [0.29, 0.717) is 5.82 Å². The van der Waals surface area contributed by atoms with Crippen molar-refractivity contribution in [2.75, 3.05) is 32.4 Å². The number of fused-ring (bicyclic) bond motifs is 1. The number of benzene rings is 1. The first-order valence-corrected chi connectivity index (χ1v) is 7.64. The van der Waals surface area contributed by atoms with Gasteiger partial charge in [-0.15, -0.1) is 0 Å². The van der Waals surface area contributed by atoms with Gasteiger partial charge >= 0.3 is 0 Å². The lowest BCUT2D eigenvalue weighted by molar-refractivity contribution is 0.173. The zero-order valence-electron chi connectivity index (χ0n) is 12.5. The smallest absolute Gasteiger partial charge is 0.145 e. The predicted octanol–water partition coefficient (Wildman–Crippen LogP) is 1.64. The lowest BCUT2D eigenvalue weighted by Gasteiger charge is -2.31. The molecular formula is C16H23N5. The molecule has 1 fully saturated rings. The van der Waals surface area contributed by atoms with E-state index in [9.17, 15) is 0 Å². The monoisotopic (exact) mass is 285 g/mol. The Kier molecular flexibility index (Phi) is 4.31. The zero-order valence-corrected chi connectivity index (χ0v) is 12.5. The molecule has 0 radical (unpaired) electrons. The van der Waals surface area contributed by atoms with Gasteiger partial charge in [0.1, 0.15) is 11.6 Å². The Morgan fingerprint density at radius 2 is 2.00 bits per heavy atom. The van der Waals surface area contributed by atoms with Crippen LogP contribution in [0.2, 0.25) is 0 Å². The van der Waals surface area contributed by atoms with E-state index in [-0.39, 0.29) is 0 Å². The first kappa shape index (κ1) is 14.2. The van der Waals surface area contributed by atoms with Crippen LogP contribution in [0.1, 0.15) is 18.7 Å². The van der Waals surface area contributed by atoms with Crippen LogP contribution in [0.5, 0.6) is 0 Å². The summed E-state index contributed by atoms with van der Waals surface area (Å²) in [6.07, 6.45) is 2.48. The van der Waals surface area contributed by atoms with Gasteiger partial charge in [-0.05, 0) is 57.6 Å². The normalized spacial score (nSPS) is 17.4. The fraction of sp³-hybridized carbons (Fsp3) is 0.500. The summed E-state index contributed by atoms with van der Waals surface area (Å²) in [7, 11) is 2.03. The second-order valence-corrected chi connectivity index (χ2v) is 5.82. The molecule has 2 aromatic rings. The summed E-state index contributed by atoms with van der Waals surface area (Å²) < 4.78 is 0. The van der Waals surface area contributed by atoms with Crippen LogP contribution >= 0.6 is 0 Å². The molecule has 0 saturated carbocycles. The maximum Gasteiger partial charge on any atom is 0.145 e. The van der Waals surface area contributed by atoms with E-state index in [2.05, 4.69) is 20.2 Å². The minimum absolute atomic E-state index is 0.584. The number of nitrogens with one attached hydrogen (secondary N) is 1. The van der Waals surface area contributed by atoms with Crippen LogP contribution in [0.15, 0.2) is 24.3 Å². The Morgan fingerprint density at radius 1 is 1.24 bits per heavy atom. The molecule has 3 rings (SSSR count). The van der Waals surface area contributed by atoms with Crippen molar-refractivity contribution < 1.29 is 0 Å². The molecule has 3 N–H and O–H groups in total. The van der Waals surface area contributed by atoms with Gasteiger partial charge in [-0.2, -0.15) is 0 Å². The van der Waals surface area contributed by atoms with Gasteiger partial charge in [-0.1, -0.05) is 12.1 Å². The Balaban J connectivity index is 1.68. The van der Waals surface area contributed by atoms with Crippen LogP contribution in [0, 0.1) is 5.92 Å². The van der Waals surface area contributed by atoms with Crippen molar-refractivity contribution in [1.29, 1.82) is 0 Å². The highest BCUT2D eigenvalue weighted by Gasteiger charge is 2.19. The summed E-state index contributed by atoms with van der Waals surface area (Å²) in [5, 5.41) is 4.21. The SMILES string of the molecule is CNCC1CCN(Cc2nc(N)c3ccccc3n2)CC1. The number of nitrogen functional groups attached to an aromatic ring is 1.